The van der Waals surface area contributed by atoms with Crippen LogP contribution in [0.1, 0.15) is 43.5 Å². The van der Waals surface area contributed by atoms with Crippen LogP contribution in [0.15, 0.2) is 77.0 Å². The molecule has 0 saturated carbocycles. The second kappa shape index (κ2) is 16.4. The number of ether oxygens (including phenoxy) is 4. The highest BCUT2D eigenvalue weighted by Gasteiger charge is 2.32. The van der Waals surface area contributed by atoms with Gasteiger partial charge < -0.3 is 29.6 Å². The van der Waals surface area contributed by atoms with Crippen molar-refractivity contribution in [3.8, 4) is 17.2 Å². The van der Waals surface area contributed by atoms with Gasteiger partial charge in [-0.1, -0.05) is 41.9 Å². The fourth-order valence-electron chi connectivity index (χ4n) is 4.41. The van der Waals surface area contributed by atoms with Crippen molar-refractivity contribution in [2.75, 3.05) is 19.8 Å². The van der Waals surface area contributed by atoms with Crippen molar-refractivity contribution in [3.05, 3.63) is 97.2 Å². The maximum atomic E-state index is 12.8. The quantitative estimate of drug-likeness (QED) is 0.0653. The number of rotatable bonds is 13. The average molecular weight is 763 g/mol. The summed E-state index contributed by atoms with van der Waals surface area (Å²) in [6, 6.07) is 17.8. The van der Waals surface area contributed by atoms with Crippen LogP contribution in [0.25, 0.3) is 0 Å². The Labute approximate surface area is 285 Å². The topological polar surface area (TPSA) is 120 Å². The highest BCUT2D eigenvalue weighted by molar-refractivity contribution is 14.1. The number of nitrogens with one attached hydrogen (secondary N) is 3. The Hall–Kier alpha value is -3.88. The number of para-hydroxylation sites is 1. The summed E-state index contributed by atoms with van der Waals surface area (Å²) in [5.74, 6) is 0.289. The maximum absolute atomic E-state index is 12.8. The predicted octanol–water partition coefficient (Wildman–Crippen LogP) is 5.81. The highest BCUT2D eigenvalue weighted by Crippen LogP contribution is 2.37. The number of hydrazone groups is 1. The molecular weight excluding hydrogens is 731 g/mol. The number of benzene rings is 3. The minimum absolute atomic E-state index is 0.219. The zero-order chi connectivity index (χ0) is 32.3. The molecule has 0 bridgehead atoms. The Morgan fingerprint density at radius 2 is 1.80 bits per heavy atom. The van der Waals surface area contributed by atoms with Crippen molar-refractivity contribution < 1.29 is 28.5 Å². The van der Waals surface area contributed by atoms with E-state index in [9.17, 15) is 9.59 Å². The summed E-state index contributed by atoms with van der Waals surface area (Å²) < 4.78 is 24.0. The molecule has 0 radical (unpaired) electrons. The molecule has 236 valence electrons. The Morgan fingerprint density at radius 3 is 2.53 bits per heavy atom. The van der Waals surface area contributed by atoms with Crippen LogP contribution >= 0.6 is 46.4 Å². The van der Waals surface area contributed by atoms with Gasteiger partial charge in [0.25, 0.3) is 5.91 Å². The molecule has 0 aromatic heterocycles. The van der Waals surface area contributed by atoms with Gasteiger partial charge in [-0.3, -0.25) is 4.79 Å². The normalized spacial score (nSPS) is 14.4. The molecule has 1 amide bonds. The van der Waals surface area contributed by atoms with E-state index in [4.69, 9.17) is 42.8 Å². The molecule has 0 spiro atoms. The van der Waals surface area contributed by atoms with Gasteiger partial charge in [-0.25, -0.2) is 10.2 Å². The second-order valence-electron chi connectivity index (χ2n) is 9.59. The SMILES string of the molecule is CCOC(=O)C1=C(C)NC(=S)N[C@H]1c1ccccc1OCC(=O)NN=Cc1cc(Cl)c(OCc2ccc(I)cc2)c(OCC)c1. The van der Waals surface area contributed by atoms with E-state index in [0.717, 1.165) is 9.13 Å². The van der Waals surface area contributed by atoms with Crippen molar-refractivity contribution in [1.82, 2.24) is 16.1 Å². The third-order valence-corrected chi connectivity index (χ3v) is 7.60. The molecule has 0 aliphatic carbocycles. The van der Waals surface area contributed by atoms with Crippen LogP contribution in [0.5, 0.6) is 17.2 Å². The van der Waals surface area contributed by atoms with Crippen LogP contribution in [0.3, 0.4) is 0 Å². The fourth-order valence-corrected chi connectivity index (χ4v) is 5.32. The van der Waals surface area contributed by atoms with Gasteiger partial charge in [0.1, 0.15) is 12.4 Å². The number of amides is 1. The molecule has 3 aromatic rings. The molecule has 10 nitrogen and oxygen atoms in total. The van der Waals surface area contributed by atoms with Crippen LogP contribution in [0.4, 0.5) is 0 Å². The number of esters is 1. The third kappa shape index (κ3) is 9.31. The highest BCUT2D eigenvalue weighted by atomic mass is 127. The number of hydrogen-bond acceptors (Lipinski definition) is 8. The minimum Gasteiger partial charge on any atom is -0.490 e. The first-order valence-corrected chi connectivity index (χ1v) is 15.9. The van der Waals surface area contributed by atoms with Crippen LogP contribution < -0.4 is 30.3 Å². The lowest BCUT2D eigenvalue weighted by molar-refractivity contribution is -0.139. The van der Waals surface area contributed by atoms with Gasteiger partial charge in [0.15, 0.2) is 23.2 Å². The summed E-state index contributed by atoms with van der Waals surface area (Å²) in [7, 11) is 0. The van der Waals surface area contributed by atoms with Crippen molar-refractivity contribution in [3.63, 3.8) is 0 Å². The summed E-state index contributed by atoms with van der Waals surface area (Å²) in [5, 5.41) is 10.8. The average Bonchev–Trinajstić information content (AvgIpc) is 3.00. The molecule has 1 aliphatic rings. The van der Waals surface area contributed by atoms with E-state index < -0.39 is 17.9 Å². The van der Waals surface area contributed by atoms with Crippen molar-refractivity contribution in [1.29, 1.82) is 0 Å². The summed E-state index contributed by atoms with van der Waals surface area (Å²) in [6.45, 7) is 5.95. The van der Waals surface area contributed by atoms with Crippen molar-refractivity contribution in [2.45, 2.75) is 33.4 Å². The molecule has 1 atom stereocenters. The number of allylic oxidation sites excluding steroid dienone is 1. The van der Waals surface area contributed by atoms with Crippen LogP contribution in [-0.4, -0.2) is 43.0 Å². The number of halogens is 2. The molecule has 3 N–H and O–H groups in total. The van der Waals surface area contributed by atoms with Gasteiger partial charge in [0.2, 0.25) is 0 Å². The second-order valence-corrected chi connectivity index (χ2v) is 11.6. The Kier molecular flexibility index (Phi) is 12.4. The number of carbonyl (C=O) groups excluding carboxylic acids is 2. The zero-order valence-corrected chi connectivity index (χ0v) is 28.5. The summed E-state index contributed by atoms with van der Waals surface area (Å²) in [6.07, 6.45) is 1.45. The molecule has 1 aliphatic heterocycles. The minimum atomic E-state index is -0.636. The number of thiocarbonyl (C=S) groups is 1. The third-order valence-electron chi connectivity index (χ3n) is 6.38. The molecule has 4 rings (SSSR count). The van der Waals surface area contributed by atoms with Gasteiger partial charge >= 0.3 is 5.97 Å². The van der Waals surface area contributed by atoms with Crippen LogP contribution in [0.2, 0.25) is 5.02 Å². The lowest BCUT2D eigenvalue weighted by Gasteiger charge is -2.30. The Balaban J connectivity index is 1.41. The summed E-state index contributed by atoms with van der Waals surface area (Å²) in [5.41, 5.74) is 5.60. The first-order chi connectivity index (χ1) is 21.7. The summed E-state index contributed by atoms with van der Waals surface area (Å²) >= 11 is 14.1. The zero-order valence-electron chi connectivity index (χ0n) is 24.8. The largest absolute Gasteiger partial charge is 0.490 e. The van der Waals surface area contributed by atoms with Crippen LogP contribution in [0, 0.1) is 3.57 Å². The number of carbonyl (C=O) groups is 2. The molecule has 13 heteroatoms. The van der Waals surface area contributed by atoms with Crippen LogP contribution in [-0.2, 0) is 20.9 Å². The van der Waals surface area contributed by atoms with E-state index in [1.807, 2.05) is 31.2 Å². The van der Waals surface area contributed by atoms with Gasteiger partial charge in [-0.05, 0) is 97.0 Å². The molecule has 0 saturated heterocycles. The molecule has 0 fully saturated rings. The molecule has 45 heavy (non-hydrogen) atoms. The first kappa shape index (κ1) is 34.0. The Bertz CT molecular complexity index is 1620. The van der Waals surface area contributed by atoms with E-state index in [-0.39, 0.29) is 13.2 Å². The maximum Gasteiger partial charge on any atom is 0.338 e. The predicted molar refractivity (Wildman–Crippen MR) is 185 cm³/mol. The standard InChI is InChI=1S/C32H32ClIN4O6S/c1-4-41-26-15-21(14-24(33)30(26)44-17-20-10-12-22(34)13-11-20)16-35-38-27(39)18-43-25-9-7-6-8-23(25)29-28(31(40)42-5-2)19(3)36-32(45)37-29/h6-16,29H,4-5,17-18H2,1-3H3,(H,38,39)(H2,36,37,45)/t29-/m0/s1. The number of hydrogen-bond donors (Lipinski definition) is 3. The fraction of sp³-hybridized carbons (Fsp3) is 0.250. The van der Waals surface area contributed by atoms with Gasteiger partial charge in [0, 0.05) is 14.8 Å². The van der Waals surface area contributed by atoms with E-state index in [1.165, 1.54) is 6.21 Å². The lowest BCUT2D eigenvalue weighted by atomic mass is 9.95. The van der Waals surface area contributed by atoms with Gasteiger partial charge in [-0.15, -0.1) is 0 Å². The smallest absolute Gasteiger partial charge is 0.338 e. The van der Waals surface area contributed by atoms with Crippen molar-refractivity contribution >= 4 is 69.6 Å². The molecule has 1 heterocycles. The number of nitrogens with zero attached hydrogens (tertiary/aromatic N) is 1. The molecule has 0 unspecified atom stereocenters. The van der Waals surface area contributed by atoms with Gasteiger partial charge in [-0.2, -0.15) is 5.10 Å². The monoisotopic (exact) mass is 762 g/mol. The van der Waals surface area contributed by atoms with Crippen molar-refractivity contribution in [2.24, 2.45) is 5.10 Å². The summed E-state index contributed by atoms with van der Waals surface area (Å²) in [4.78, 5) is 25.4. The van der Waals surface area contributed by atoms with E-state index >= 15 is 0 Å². The molecular formula is C32H32ClIN4O6S. The first-order valence-electron chi connectivity index (χ1n) is 14.0. The van der Waals surface area contributed by atoms with E-state index in [1.54, 1.807) is 50.2 Å². The van der Waals surface area contributed by atoms with E-state index in [0.29, 0.717) is 63.0 Å². The Morgan fingerprint density at radius 1 is 1.04 bits per heavy atom. The van der Waals surface area contributed by atoms with Gasteiger partial charge in [0.05, 0.1) is 36.1 Å². The lowest BCUT2D eigenvalue weighted by Crippen LogP contribution is -2.45. The van der Waals surface area contributed by atoms with E-state index in [2.05, 4.69) is 43.8 Å². The molecule has 3 aromatic carbocycles.